The first-order valence-electron chi connectivity index (χ1n) is 20.5. The van der Waals surface area contributed by atoms with Crippen LogP contribution in [-0.4, -0.2) is 85.5 Å². The van der Waals surface area contributed by atoms with Crippen LogP contribution in [0.15, 0.2) is 42.5 Å². The highest BCUT2D eigenvalue weighted by Crippen LogP contribution is 2.47. The minimum absolute atomic E-state index is 0.157. The molecule has 1 aliphatic rings. The van der Waals surface area contributed by atoms with E-state index in [0.29, 0.717) is 15.1 Å². The van der Waals surface area contributed by atoms with Gasteiger partial charge < -0.3 is 15.7 Å². The Labute approximate surface area is 401 Å². The Morgan fingerprint density at radius 2 is 1.60 bits per heavy atom. The van der Waals surface area contributed by atoms with Crippen LogP contribution in [0.1, 0.15) is 73.6 Å². The topological polar surface area (TPSA) is 181 Å². The molecule has 70 heavy (non-hydrogen) atoms. The van der Waals surface area contributed by atoms with E-state index in [1.54, 1.807) is 0 Å². The summed E-state index contributed by atoms with van der Waals surface area (Å²) in [6.45, 7) is 1.16. The van der Waals surface area contributed by atoms with Crippen LogP contribution in [0.4, 0.5) is 54.5 Å². The van der Waals surface area contributed by atoms with E-state index >= 15 is 8.78 Å². The predicted octanol–water partition coefficient (Wildman–Crippen LogP) is 8.13. The molecule has 4 atom stereocenters. The number of pyridine rings is 1. The Hall–Kier alpha value is -6.07. The third-order valence-corrected chi connectivity index (χ3v) is 13.4. The molecule has 4 unspecified atom stereocenters. The summed E-state index contributed by atoms with van der Waals surface area (Å²) in [5.74, 6) is -3.91. The highest BCUT2D eigenvalue weighted by Gasteiger charge is 2.50. The van der Waals surface area contributed by atoms with Crippen molar-refractivity contribution >= 4 is 68.0 Å². The molecule has 3 N–H and O–H groups in total. The van der Waals surface area contributed by atoms with Crippen molar-refractivity contribution in [3.8, 4) is 23.0 Å². The highest BCUT2D eigenvalue weighted by molar-refractivity contribution is 7.86. The highest BCUT2D eigenvalue weighted by atomic mass is 35.5. The Morgan fingerprint density at radius 1 is 0.957 bits per heavy atom. The lowest BCUT2D eigenvalue weighted by molar-refractivity contribution is -0.143. The summed E-state index contributed by atoms with van der Waals surface area (Å²) in [4.78, 5) is 43.6. The monoisotopic (exact) mass is 1050 g/mol. The SMILES string of the molecule is CC(CC(=O)O)NC(=O)N(c1nn(CC(F)(F)F)c2c(-c3ccc(C#CC(C)(C)S(C)=O)nc3C(Cc3cc(F)cc(F)c3)NC(=O)Cn3nc(C(F)(F)F)c4c3C(F)(F)CC4)ccc(Cl)c12)S(C)=O. The molecular formula is C43H39ClF10N8O6S2. The number of hydrogen-bond acceptors (Lipinski definition) is 8. The van der Waals surface area contributed by atoms with Crippen LogP contribution >= 0.6 is 11.6 Å². The maximum atomic E-state index is 15.1. The van der Waals surface area contributed by atoms with Crippen LogP contribution in [0.25, 0.3) is 22.0 Å². The molecule has 0 saturated heterocycles. The van der Waals surface area contributed by atoms with E-state index < -0.39 is 159 Å². The van der Waals surface area contributed by atoms with Crippen molar-refractivity contribution in [2.75, 3.05) is 16.8 Å². The Balaban J connectivity index is 1.63. The summed E-state index contributed by atoms with van der Waals surface area (Å²) in [5, 5.41) is 20.5. The lowest BCUT2D eigenvalue weighted by Crippen LogP contribution is -2.45. The van der Waals surface area contributed by atoms with Gasteiger partial charge in [0, 0.05) is 58.5 Å². The van der Waals surface area contributed by atoms with Crippen LogP contribution in [-0.2, 0) is 69.4 Å². The number of rotatable bonds is 14. The second-order valence-corrected chi connectivity index (χ2v) is 20.1. The molecule has 14 nitrogen and oxygen atoms in total. The van der Waals surface area contributed by atoms with Gasteiger partial charge in [-0.1, -0.05) is 23.6 Å². The molecule has 3 amide bonds. The van der Waals surface area contributed by atoms with Gasteiger partial charge in [0.15, 0.2) is 11.5 Å². The standard InChI is InChI=1S/C43H39ClF10N8O6S2/c1-21(14-32(64)65)55-39(66)62(70(5)68)38-33-29(44)9-8-27(35(33)61(59-38)20-42(49,50)51)26-7-6-25(10-12-40(2,3)69(4)67)56-34(26)30(17-22-15-23(45)18-24(46)16-22)57-31(63)19-60-37-28(11-13-41(37,47)48)36(58-60)43(52,53)54/h6-9,15-16,18,21,30H,11,13-14,17,19-20H2,1-5H3,(H,55,66)(H,57,63)(H,64,65). The molecule has 27 heteroatoms. The van der Waals surface area contributed by atoms with Gasteiger partial charge in [-0.2, -0.15) is 49.6 Å². The van der Waals surface area contributed by atoms with Crippen molar-refractivity contribution in [2.45, 2.75) is 94.6 Å². The van der Waals surface area contributed by atoms with Crippen molar-refractivity contribution in [1.82, 2.24) is 35.2 Å². The van der Waals surface area contributed by atoms with Crippen molar-refractivity contribution in [3.63, 3.8) is 0 Å². The number of halogens is 11. The maximum absolute atomic E-state index is 15.1. The number of benzene rings is 2. The summed E-state index contributed by atoms with van der Waals surface area (Å²) < 4.78 is 171. The average Bonchev–Trinajstić information content (AvgIpc) is 3.87. The first-order chi connectivity index (χ1) is 32.4. The molecule has 2 aromatic carbocycles. The molecule has 6 rings (SSSR count). The van der Waals surface area contributed by atoms with Crippen LogP contribution in [0.5, 0.6) is 0 Å². The van der Waals surface area contributed by atoms with E-state index in [4.69, 9.17) is 11.6 Å². The van der Waals surface area contributed by atoms with Crippen molar-refractivity contribution in [2.24, 2.45) is 0 Å². The number of carboxylic acid groups (broad SMARTS) is 1. The number of fused-ring (bicyclic) bond motifs is 2. The average molecular weight is 1050 g/mol. The number of carbonyl (C=O) groups excluding carboxylic acids is 2. The van der Waals surface area contributed by atoms with Gasteiger partial charge in [-0.25, -0.2) is 22.8 Å². The van der Waals surface area contributed by atoms with Gasteiger partial charge in [-0.3, -0.25) is 23.2 Å². The quantitative estimate of drug-likeness (QED) is 0.0731. The van der Waals surface area contributed by atoms with Crippen LogP contribution in [0, 0.1) is 23.5 Å². The zero-order valence-electron chi connectivity index (χ0n) is 37.1. The number of aromatic nitrogens is 5. The Kier molecular flexibility index (Phi) is 15.2. The van der Waals surface area contributed by atoms with E-state index in [1.807, 2.05) is 0 Å². The van der Waals surface area contributed by atoms with E-state index in [2.05, 4.69) is 37.7 Å². The zero-order chi connectivity index (χ0) is 52.0. The fraction of sp³-hybridized carbons (Fsp3) is 0.395. The smallest absolute Gasteiger partial charge is 0.435 e. The number of carbonyl (C=O) groups is 3. The lowest BCUT2D eigenvalue weighted by atomic mass is 9.93. The number of alkyl halides is 8. The molecule has 0 bridgehead atoms. The summed E-state index contributed by atoms with van der Waals surface area (Å²) >= 11 is 6.66. The van der Waals surface area contributed by atoms with Crippen LogP contribution in [0.2, 0.25) is 5.02 Å². The number of nitrogens with one attached hydrogen (secondary N) is 2. The number of urea groups is 1. The van der Waals surface area contributed by atoms with Crippen LogP contribution in [0.3, 0.4) is 0 Å². The van der Waals surface area contributed by atoms with Crippen molar-refractivity contribution < 1.29 is 71.8 Å². The van der Waals surface area contributed by atoms with Crippen molar-refractivity contribution in [3.05, 3.63) is 93.0 Å². The second-order valence-electron chi connectivity index (χ2n) is 16.6. The molecule has 1 aliphatic carbocycles. The van der Waals surface area contributed by atoms with Crippen molar-refractivity contribution in [1.29, 1.82) is 0 Å². The lowest BCUT2D eigenvalue weighted by Gasteiger charge is -2.23. The van der Waals surface area contributed by atoms with Gasteiger partial charge in [0.05, 0.1) is 34.1 Å². The molecule has 3 heterocycles. The number of carboxylic acids is 1. The van der Waals surface area contributed by atoms with Gasteiger partial charge in [-0.15, -0.1) is 0 Å². The number of aliphatic carboxylic acids is 1. The number of anilines is 1. The first kappa shape index (κ1) is 53.3. The minimum Gasteiger partial charge on any atom is -0.481 e. The molecule has 0 spiro atoms. The number of hydrogen-bond donors (Lipinski definition) is 3. The Morgan fingerprint density at radius 3 is 2.19 bits per heavy atom. The van der Waals surface area contributed by atoms with Gasteiger partial charge in [-0.05, 0) is 75.4 Å². The number of nitrogens with zero attached hydrogens (tertiary/aromatic N) is 6. The van der Waals surface area contributed by atoms with E-state index in [1.165, 1.54) is 45.2 Å². The maximum Gasteiger partial charge on any atom is 0.435 e. The molecular weight excluding hydrogens is 1010 g/mol. The summed E-state index contributed by atoms with van der Waals surface area (Å²) in [7, 11) is -4.01. The second kappa shape index (κ2) is 20.0. The first-order valence-corrected chi connectivity index (χ1v) is 23.9. The third-order valence-electron chi connectivity index (χ3n) is 10.7. The van der Waals surface area contributed by atoms with Gasteiger partial charge in [0.25, 0.3) is 5.92 Å². The summed E-state index contributed by atoms with van der Waals surface area (Å²) in [5.41, 5.74) is -5.36. The van der Waals surface area contributed by atoms with Gasteiger partial charge >= 0.3 is 24.4 Å². The molecule has 3 aromatic heterocycles. The summed E-state index contributed by atoms with van der Waals surface area (Å²) in [6, 6.07) is 2.93. The normalized spacial score (nSPS) is 15.4. The largest absolute Gasteiger partial charge is 0.481 e. The molecule has 5 aromatic rings. The van der Waals surface area contributed by atoms with Gasteiger partial charge in [0.1, 0.15) is 51.8 Å². The van der Waals surface area contributed by atoms with Crippen LogP contribution < -0.4 is 14.9 Å². The predicted molar refractivity (Wildman–Crippen MR) is 236 cm³/mol. The minimum atomic E-state index is -5.20. The Bertz CT molecular complexity index is 3000. The van der Waals surface area contributed by atoms with Gasteiger partial charge in [0.2, 0.25) is 5.91 Å². The molecule has 376 valence electrons. The van der Waals surface area contributed by atoms with E-state index in [-0.39, 0.29) is 37.8 Å². The summed E-state index contributed by atoms with van der Waals surface area (Å²) in [6.07, 6.45) is -11.0. The molecule has 0 radical (unpaired) electrons. The van der Waals surface area contributed by atoms with E-state index in [9.17, 15) is 63.0 Å². The van der Waals surface area contributed by atoms with E-state index in [0.717, 1.165) is 24.5 Å². The molecule has 0 aliphatic heterocycles. The number of amides is 3. The zero-order valence-corrected chi connectivity index (χ0v) is 39.5. The molecule has 0 fully saturated rings. The fourth-order valence-corrected chi connectivity index (χ4v) is 8.68. The third kappa shape index (κ3) is 11.9. The molecule has 0 saturated carbocycles. The fourth-order valence-electron chi connectivity index (χ4n) is 7.59.